The topological polar surface area (TPSA) is 54.4 Å². The van der Waals surface area contributed by atoms with Gasteiger partial charge in [0.25, 0.3) is 0 Å². The first kappa shape index (κ1) is 17.2. The lowest BCUT2D eigenvalue weighted by atomic mass is 10.1. The number of nitrogens with one attached hydrogen (secondary N) is 1. The molecule has 2 aromatic rings. The lowest BCUT2D eigenvalue weighted by Gasteiger charge is -2.16. The van der Waals surface area contributed by atoms with Crippen LogP contribution in [-0.4, -0.2) is 29.5 Å². The van der Waals surface area contributed by atoms with E-state index in [9.17, 15) is 18.3 Å². The molecular formula is C16H17F3N2O2. The van der Waals surface area contributed by atoms with Crippen LogP contribution in [-0.2, 0) is 6.54 Å². The Bertz CT molecular complexity index is 589. The van der Waals surface area contributed by atoms with Crippen molar-refractivity contribution in [1.82, 2.24) is 10.3 Å². The standard InChI is InChI=1S/C16H17F3N2O2/c17-16(18,19)11-23-15-7-6-12(9-21-15)8-20-14(10-22)13-4-2-1-3-5-13/h1-7,9,14,20,22H,8,10-11H2. The van der Waals surface area contributed by atoms with Crippen LogP contribution >= 0.6 is 0 Å². The quantitative estimate of drug-likeness (QED) is 0.821. The second kappa shape index (κ2) is 7.94. The number of rotatable bonds is 7. The highest BCUT2D eigenvalue weighted by Gasteiger charge is 2.28. The fourth-order valence-corrected chi connectivity index (χ4v) is 1.97. The minimum absolute atomic E-state index is 0.0653. The summed E-state index contributed by atoms with van der Waals surface area (Å²) >= 11 is 0. The summed E-state index contributed by atoms with van der Waals surface area (Å²) in [5.41, 5.74) is 1.73. The molecule has 2 N–H and O–H groups in total. The monoisotopic (exact) mass is 326 g/mol. The van der Waals surface area contributed by atoms with Gasteiger partial charge in [-0.25, -0.2) is 4.98 Å². The number of hydrogen-bond donors (Lipinski definition) is 2. The van der Waals surface area contributed by atoms with E-state index < -0.39 is 12.8 Å². The van der Waals surface area contributed by atoms with Crippen molar-refractivity contribution in [3.05, 3.63) is 59.8 Å². The maximum absolute atomic E-state index is 12.0. The largest absolute Gasteiger partial charge is 0.468 e. The van der Waals surface area contributed by atoms with E-state index in [1.54, 1.807) is 6.07 Å². The van der Waals surface area contributed by atoms with E-state index in [1.165, 1.54) is 12.3 Å². The van der Waals surface area contributed by atoms with Gasteiger partial charge in [-0.2, -0.15) is 13.2 Å². The Morgan fingerprint density at radius 2 is 1.87 bits per heavy atom. The molecule has 4 nitrogen and oxygen atoms in total. The van der Waals surface area contributed by atoms with Gasteiger partial charge in [0.05, 0.1) is 12.6 Å². The van der Waals surface area contributed by atoms with Crippen molar-refractivity contribution in [1.29, 1.82) is 0 Å². The summed E-state index contributed by atoms with van der Waals surface area (Å²) in [6.07, 6.45) is -2.94. The molecule has 1 aromatic heterocycles. The Hall–Kier alpha value is -2.12. The molecule has 0 spiro atoms. The van der Waals surface area contributed by atoms with Gasteiger partial charge in [-0.05, 0) is 11.1 Å². The van der Waals surface area contributed by atoms with Crippen LogP contribution in [0.1, 0.15) is 17.2 Å². The first-order valence-electron chi connectivity index (χ1n) is 7.01. The third-order valence-corrected chi connectivity index (χ3v) is 3.12. The van der Waals surface area contributed by atoms with Crippen LogP contribution in [0.25, 0.3) is 0 Å². The molecule has 7 heteroatoms. The summed E-state index contributed by atoms with van der Waals surface area (Å²) in [6, 6.07) is 12.3. The van der Waals surface area contributed by atoms with Crippen LogP contribution in [0.2, 0.25) is 0 Å². The predicted octanol–water partition coefficient (Wildman–Crippen LogP) is 2.85. The Morgan fingerprint density at radius 3 is 2.43 bits per heavy atom. The number of nitrogens with zero attached hydrogens (tertiary/aromatic N) is 1. The van der Waals surface area contributed by atoms with Crippen molar-refractivity contribution < 1.29 is 23.0 Å². The highest BCUT2D eigenvalue weighted by atomic mass is 19.4. The molecule has 1 unspecified atom stereocenters. The molecule has 1 aromatic carbocycles. The molecular weight excluding hydrogens is 309 g/mol. The summed E-state index contributed by atoms with van der Waals surface area (Å²) in [7, 11) is 0. The van der Waals surface area contributed by atoms with Crippen molar-refractivity contribution in [3.8, 4) is 5.88 Å². The van der Waals surface area contributed by atoms with Crippen LogP contribution in [0.3, 0.4) is 0 Å². The second-order valence-electron chi connectivity index (χ2n) is 4.94. The van der Waals surface area contributed by atoms with Gasteiger partial charge in [-0.3, -0.25) is 0 Å². The van der Waals surface area contributed by atoms with E-state index in [4.69, 9.17) is 0 Å². The maximum atomic E-state index is 12.0. The Labute approximate surface area is 131 Å². The number of ether oxygens (including phenoxy) is 1. The van der Waals surface area contributed by atoms with Gasteiger partial charge in [0.15, 0.2) is 6.61 Å². The first-order chi connectivity index (χ1) is 11.0. The van der Waals surface area contributed by atoms with Crippen LogP contribution in [0.5, 0.6) is 5.88 Å². The average molecular weight is 326 g/mol. The highest BCUT2D eigenvalue weighted by Crippen LogP contribution is 2.17. The van der Waals surface area contributed by atoms with E-state index in [-0.39, 0.29) is 18.5 Å². The molecule has 0 aliphatic rings. The van der Waals surface area contributed by atoms with Gasteiger partial charge in [0.2, 0.25) is 5.88 Å². The number of aliphatic hydroxyl groups is 1. The van der Waals surface area contributed by atoms with Gasteiger partial charge >= 0.3 is 6.18 Å². The normalized spacial score (nSPS) is 12.9. The molecule has 0 fully saturated rings. The van der Waals surface area contributed by atoms with Crippen molar-refractivity contribution in [3.63, 3.8) is 0 Å². The van der Waals surface area contributed by atoms with Gasteiger partial charge in [-0.15, -0.1) is 0 Å². The second-order valence-corrected chi connectivity index (χ2v) is 4.94. The van der Waals surface area contributed by atoms with E-state index in [2.05, 4.69) is 15.0 Å². The van der Waals surface area contributed by atoms with Crippen LogP contribution < -0.4 is 10.1 Å². The Kier molecular flexibility index (Phi) is 5.95. The van der Waals surface area contributed by atoms with Crippen LogP contribution in [0, 0.1) is 0 Å². The smallest absolute Gasteiger partial charge is 0.422 e. The van der Waals surface area contributed by atoms with E-state index in [1.807, 2.05) is 30.3 Å². The molecule has 124 valence electrons. The molecule has 0 radical (unpaired) electrons. The maximum Gasteiger partial charge on any atom is 0.422 e. The van der Waals surface area contributed by atoms with E-state index in [0.717, 1.165) is 11.1 Å². The van der Waals surface area contributed by atoms with Crippen molar-refractivity contribution in [2.24, 2.45) is 0 Å². The van der Waals surface area contributed by atoms with E-state index in [0.29, 0.717) is 6.54 Å². The molecule has 1 heterocycles. The molecule has 2 rings (SSSR count). The van der Waals surface area contributed by atoms with Gasteiger partial charge in [0, 0.05) is 18.8 Å². The summed E-state index contributed by atoms with van der Waals surface area (Å²) in [6.45, 7) is -1.00. The minimum atomic E-state index is -4.38. The van der Waals surface area contributed by atoms with Crippen LogP contribution in [0.4, 0.5) is 13.2 Å². The lowest BCUT2D eigenvalue weighted by Crippen LogP contribution is -2.24. The predicted molar refractivity (Wildman–Crippen MR) is 78.9 cm³/mol. The van der Waals surface area contributed by atoms with E-state index >= 15 is 0 Å². The number of benzene rings is 1. The molecule has 0 bridgehead atoms. The fraction of sp³-hybridized carbons (Fsp3) is 0.312. The average Bonchev–Trinajstić information content (AvgIpc) is 2.55. The fourth-order valence-electron chi connectivity index (χ4n) is 1.97. The highest BCUT2D eigenvalue weighted by molar-refractivity contribution is 5.21. The third kappa shape index (κ3) is 5.88. The summed E-state index contributed by atoms with van der Waals surface area (Å²) in [5.74, 6) is -0.0761. The van der Waals surface area contributed by atoms with Gasteiger partial charge < -0.3 is 15.2 Å². The molecule has 0 saturated carbocycles. The number of alkyl halides is 3. The summed E-state index contributed by atoms with van der Waals surface area (Å²) in [4.78, 5) is 3.83. The SMILES string of the molecule is OCC(NCc1ccc(OCC(F)(F)F)nc1)c1ccccc1. The minimum Gasteiger partial charge on any atom is -0.468 e. The summed E-state index contributed by atoms with van der Waals surface area (Å²) in [5, 5.41) is 12.6. The molecule has 23 heavy (non-hydrogen) atoms. The number of pyridine rings is 1. The zero-order chi connectivity index (χ0) is 16.7. The number of aliphatic hydroxyl groups excluding tert-OH is 1. The number of halogens is 3. The van der Waals surface area contributed by atoms with Crippen molar-refractivity contribution in [2.75, 3.05) is 13.2 Å². The first-order valence-corrected chi connectivity index (χ1v) is 7.01. The van der Waals surface area contributed by atoms with Crippen LogP contribution in [0.15, 0.2) is 48.7 Å². The Balaban J connectivity index is 1.88. The summed E-state index contributed by atoms with van der Waals surface area (Å²) < 4.78 is 40.7. The van der Waals surface area contributed by atoms with Crippen molar-refractivity contribution in [2.45, 2.75) is 18.8 Å². The molecule has 0 aliphatic heterocycles. The zero-order valence-corrected chi connectivity index (χ0v) is 12.3. The number of hydrogen-bond acceptors (Lipinski definition) is 4. The third-order valence-electron chi connectivity index (χ3n) is 3.12. The Morgan fingerprint density at radius 1 is 1.13 bits per heavy atom. The number of aromatic nitrogens is 1. The molecule has 1 atom stereocenters. The van der Waals surface area contributed by atoms with Crippen molar-refractivity contribution >= 4 is 0 Å². The molecule has 0 aliphatic carbocycles. The molecule has 0 amide bonds. The molecule has 0 saturated heterocycles. The van der Waals surface area contributed by atoms with Gasteiger partial charge in [-0.1, -0.05) is 36.4 Å². The van der Waals surface area contributed by atoms with Gasteiger partial charge in [0.1, 0.15) is 0 Å². The zero-order valence-electron chi connectivity index (χ0n) is 12.3. The lowest BCUT2D eigenvalue weighted by molar-refractivity contribution is -0.154.